The summed E-state index contributed by atoms with van der Waals surface area (Å²) < 4.78 is 1.68. The van der Waals surface area contributed by atoms with Gasteiger partial charge >= 0.3 is 0 Å². The number of aromatic nitrogens is 3. The Labute approximate surface area is 111 Å². The van der Waals surface area contributed by atoms with Crippen LogP contribution in [0.5, 0.6) is 0 Å². The molecule has 0 aliphatic rings. The number of amides is 1. The van der Waals surface area contributed by atoms with E-state index in [1.165, 1.54) is 6.20 Å². The van der Waals surface area contributed by atoms with Gasteiger partial charge in [0.1, 0.15) is 0 Å². The SMILES string of the molecule is CCC(N)C(c1ccncc1)n1cc(C(N)=O)cn1. The number of hydrogen-bond acceptors (Lipinski definition) is 4. The van der Waals surface area contributed by atoms with Gasteiger partial charge < -0.3 is 11.5 Å². The van der Waals surface area contributed by atoms with Crippen molar-refractivity contribution in [2.75, 3.05) is 0 Å². The molecular formula is C13H17N5O. The summed E-state index contributed by atoms with van der Waals surface area (Å²) in [4.78, 5) is 15.1. The molecule has 0 bridgehead atoms. The molecule has 6 heteroatoms. The standard InChI is InChI=1S/C13H17N5O/c1-2-11(14)12(9-3-5-16-6-4-9)18-8-10(7-17-18)13(15)19/h3-8,11-12H,2,14H2,1H3,(H2,15,19). The second-order valence-electron chi connectivity index (χ2n) is 4.37. The number of carbonyl (C=O) groups is 1. The Bertz CT molecular complexity index is 551. The maximum Gasteiger partial charge on any atom is 0.251 e. The largest absolute Gasteiger partial charge is 0.366 e. The van der Waals surface area contributed by atoms with Gasteiger partial charge in [-0.15, -0.1) is 0 Å². The van der Waals surface area contributed by atoms with E-state index in [-0.39, 0.29) is 12.1 Å². The highest BCUT2D eigenvalue weighted by Gasteiger charge is 2.22. The summed E-state index contributed by atoms with van der Waals surface area (Å²) in [6, 6.07) is 3.54. The summed E-state index contributed by atoms with van der Waals surface area (Å²) in [7, 11) is 0. The molecule has 19 heavy (non-hydrogen) atoms. The molecule has 2 rings (SSSR count). The van der Waals surface area contributed by atoms with Crippen LogP contribution >= 0.6 is 0 Å². The van der Waals surface area contributed by atoms with Crippen molar-refractivity contribution in [3.05, 3.63) is 48.0 Å². The average Bonchev–Trinajstić information content (AvgIpc) is 2.89. The lowest BCUT2D eigenvalue weighted by atomic mass is 9.99. The highest BCUT2D eigenvalue weighted by atomic mass is 16.1. The molecule has 0 saturated carbocycles. The molecule has 0 aliphatic heterocycles. The highest BCUT2D eigenvalue weighted by Crippen LogP contribution is 2.22. The minimum atomic E-state index is -0.496. The summed E-state index contributed by atoms with van der Waals surface area (Å²) >= 11 is 0. The second-order valence-corrected chi connectivity index (χ2v) is 4.37. The zero-order valence-corrected chi connectivity index (χ0v) is 10.7. The molecule has 0 radical (unpaired) electrons. The fourth-order valence-electron chi connectivity index (χ4n) is 2.00. The molecule has 4 N–H and O–H groups in total. The quantitative estimate of drug-likeness (QED) is 0.825. The van der Waals surface area contributed by atoms with Crippen LogP contribution in [0.1, 0.15) is 35.3 Å². The van der Waals surface area contributed by atoms with E-state index in [1.807, 2.05) is 19.1 Å². The van der Waals surface area contributed by atoms with E-state index in [4.69, 9.17) is 11.5 Å². The Morgan fingerprint density at radius 3 is 2.63 bits per heavy atom. The minimum absolute atomic E-state index is 0.108. The normalized spacial score (nSPS) is 14.0. The Morgan fingerprint density at radius 2 is 2.11 bits per heavy atom. The molecule has 2 aromatic heterocycles. The second kappa shape index (κ2) is 5.62. The van der Waals surface area contributed by atoms with Crippen LogP contribution in [-0.2, 0) is 0 Å². The summed E-state index contributed by atoms with van der Waals surface area (Å²) in [6.45, 7) is 2.01. The van der Waals surface area contributed by atoms with Gasteiger partial charge in [-0.25, -0.2) is 0 Å². The molecule has 0 aromatic carbocycles. The molecule has 0 fully saturated rings. The molecule has 2 aromatic rings. The number of hydrogen-bond donors (Lipinski definition) is 2. The topological polar surface area (TPSA) is 99.8 Å². The van der Waals surface area contributed by atoms with Gasteiger partial charge in [0.2, 0.25) is 0 Å². The van der Waals surface area contributed by atoms with Gasteiger partial charge in [-0.2, -0.15) is 5.10 Å². The highest BCUT2D eigenvalue weighted by molar-refractivity contribution is 5.92. The molecule has 2 unspecified atom stereocenters. The monoisotopic (exact) mass is 259 g/mol. The van der Waals surface area contributed by atoms with Crippen molar-refractivity contribution in [2.45, 2.75) is 25.4 Å². The first-order chi connectivity index (χ1) is 9.13. The average molecular weight is 259 g/mol. The van der Waals surface area contributed by atoms with Crippen LogP contribution in [0.15, 0.2) is 36.9 Å². The molecule has 100 valence electrons. The van der Waals surface area contributed by atoms with Crippen LogP contribution in [0.3, 0.4) is 0 Å². The molecule has 2 heterocycles. The third-order valence-corrected chi connectivity index (χ3v) is 3.10. The van der Waals surface area contributed by atoms with Gasteiger partial charge in [0.15, 0.2) is 0 Å². The number of rotatable bonds is 5. The minimum Gasteiger partial charge on any atom is -0.366 e. The molecule has 0 saturated heterocycles. The fraction of sp³-hybridized carbons (Fsp3) is 0.308. The van der Waals surface area contributed by atoms with Crippen molar-refractivity contribution in [3.8, 4) is 0 Å². The van der Waals surface area contributed by atoms with Crippen molar-refractivity contribution in [2.24, 2.45) is 11.5 Å². The maximum atomic E-state index is 11.1. The van der Waals surface area contributed by atoms with E-state index >= 15 is 0 Å². The van der Waals surface area contributed by atoms with E-state index in [0.717, 1.165) is 12.0 Å². The van der Waals surface area contributed by atoms with E-state index < -0.39 is 5.91 Å². The van der Waals surface area contributed by atoms with Crippen LogP contribution in [0.25, 0.3) is 0 Å². The number of pyridine rings is 1. The summed E-state index contributed by atoms with van der Waals surface area (Å²) in [5.74, 6) is -0.496. The van der Waals surface area contributed by atoms with E-state index in [0.29, 0.717) is 5.56 Å². The van der Waals surface area contributed by atoms with Gasteiger partial charge in [-0.3, -0.25) is 14.5 Å². The lowest BCUT2D eigenvalue weighted by Crippen LogP contribution is -2.32. The molecule has 0 spiro atoms. The predicted octanol–water partition coefficient (Wildman–Crippen LogP) is 0.704. The summed E-state index contributed by atoms with van der Waals surface area (Å²) in [5.41, 5.74) is 12.8. The van der Waals surface area contributed by atoms with E-state index in [2.05, 4.69) is 10.1 Å². The van der Waals surface area contributed by atoms with E-state index in [1.54, 1.807) is 23.3 Å². The van der Waals surface area contributed by atoms with Crippen LogP contribution in [0.4, 0.5) is 0 Å². The Morgan fingerprint density at radius 1 is 1.42 bits per heavy atom. The zero-order valence-electron chi connectivity index (χ0n) is 10.7. The molecule has 6 nitrogen and oxygen atoms in total. The first-order valence-corrected chi connectivity index (χ1v) is 6.13. The molecular weight excluding hydrogens is 242 g/mol. The predicted molar refractivity (Wildman–Crippen MR) is 71.4 cm³/mol. The van der Waals surface area contributed by atoms with Crippen molar-refractivity contribution in [3.63, 3.8) is 0 Å². The Hall–Kier alpha value is -2.21. The van der Waals surface area contributed by atoms with Crippen molar-refractivity contribution >= 4 is 5.91 Å². The van der Waals surface area contributed by atoms with Gasteiger partial charge in [-0.1, -0.05) is 6.92 Å². The lowest BCUT2D eigenvalue weighted by molar-refractivity contribution is 0.1000. The van der Waals surface area contributed by atoms with Crippen LogP contribution < -0.4 is 11.5 Å². The van der Waals surface area contributed by atoms with Crippen LogP contribution in [0.2, 0.25) is 0 Å². The number of primary amides is 1. The number of nitrogens with two attached hydrogens (primary N) is 2. The van der Waals surface area contributed by atoms with Gasteiger partial charge in [0, 0.05) is 24.6 Å². The van der Waals surface area contributed by atoms with Crippen LogP contribution in [-0.4, -0.2) is 26.7 Å². The van der Waals surface area contributed by atoms with Crippen molar-refractivity contribution in [1.82, 2.24) is 14.8 Å². The third kappa shape index (κ3) is 2.79. The summed E-state index contributed by atoms with van der Waals surface area (Å²) in [6.07, 6.45) is 7.30. The van der Waals surface area contributed by atoms with Gasteiger partial charge in [0.25, 0.3) is 5.91 Å². The fourth-order valence-corrected chi connectivity index (χ4v) is 2.00. The summed E-state index contributed by atoms with van der Waals surface area (Å²) in [5, 5.41) is 4.20. The smallest absolute Gasteiger partial charge is 0.251 e. The van der Waals surface area contributed by atoms with Crippen LogP contribution in [0, 0.1) is 0 Å². The Kier molecular flexibility index (Phi) is 3.91. The zero-order chi connectivity index (χ0) is 13.8. The molecule has 0 aliphatic carbocycles. The third-order valence-electron chi connectivity index (χ3n) is 3.10. The van der Waals surface area contributed by atoms with Crippen molar-refractivity contribution in [1.29, 1.82) is 0 Å². The van der Waals surface area contributed by atoms with Gasteiger partial charge in [-0.05, 0) is 24.1 Å². The van der Waals surface area contributed by atoms with Crippen molar-refractivity contribution < 1.29 is 4.79 Å². The number of nitrogens with zero attached hydrogens (tertiary/aromatic N) is 3. The maximum absolute atomic E-state index is 11.1. The number of carbonyl (C=O) groups excluding carboxylic acids is 1. The van der Waals surface area contributed by atoms with E-state index in [9.17, 15) is 4.79 Å². The molecule has 1 amide bonds. The van der Waals surface area contributed by atoms with Gasteiger partial charge in [0.05, 0.1) is 17.8 Å². The first kappa shape index (κ1) is 13.2. The first-order valence-electron chi connectivity index (χ1n) is 6.13. The molecule has 2 atom stereocenters. The Balaban J connectivity index is 2.40. The lowest BCUT2D eigenvalue weighted by Gasteiger charge is -2.23.